The number of amidine groups is 2. The fraction of sp³-hybridized carbons (Fsp3) is 0.441. The van der Waals surface area contributed by atoms with Gasteiger partial charge in [0.25, 0.3) is 0 Å². The fourth-order valence-electron chi connectivity index (χ4n) is 6.36. The predicted molar refractivity (Wildman–Crippen MR) is 159 cm³/mol. The highest BCUT2D eigenvalue weighted by Gasteiger charge is 2.61. The number of nitrogens with one attached hydrogen (secondary N) is 2. The molecular weight excluding hydrogens is 464 g/mol. The third kappa shape index (κ3) is 4.64. The molecule has 2 atom stereocenters. The minimum Gasteiger partial charge on any atom is -0.284 e. The lowest BCUT2D eigenvalue weighted by atomic mass is 9.83. The molecule has 38 heavy (non-hydrogen) atoms. The number of allylic oxidation sites excluding steroid dienone is 3. The quantitative estimate of drug-likeness (QED) is 0.406. The van der Waals surface area contributed by atoms with Gasteiger partial charge in [-0.05, 0) is 83.6 Å². The Hall–Kier alpha value is -3.45. The van der Waals surface area contributed by atoms with Crippen LogP contribution in [-0.4, -0.2) is 11.7 Å². The van der Waals surface area contributed by atoms with E-state index in [9.17, 15) is 16.1 Å². The van der Waals surface area contributed by atoms with Gasteiger partial charge in [0.15, 0.2) is 0 Å². The van der Waals surface area contributed by atoms with Crippen molar-refractivity contribution < 1.29 is 0 Å². The van der Waals surface area contributed by atoms with Crippen molar-refractivity contribution in [2.24, 2.45) is 5.41 Å². The van der Waals surface area contributed by atoms with Crippen LogP contribution in [0.25, 0.3) is 0 Å². The highest BCUT2D eigenvalue weighted by Crippen LogP contribution is 2.67. The second-order valence-electron chi connectivity index (χ2n) is 12.1. The van der Waals surface area contributed by atoms with Crippen molar-refractivity contribution in [3.8, 4) is 6.07 Å². The first-order chi connectivity index (χ1) is 18.0. The summed E-state index contributed by atoms with van der Waals surface area (Å²) in [6.45, 7) is 15.3. The molecule has 4 nitrogen and oxygen atoms in total. The van der Waals surface area contributed by atoms with E-state index in [1.807, 2.05) is 24.0 Å². The molecular formula is C34H42N4. The summed E-state index contributed by atoms with van der Waals surface area (Å²) in [6, 6.07) is 17.0. The van der Waals surface area contributed by atoms with Gasteiger partial charge in [-0.1, -0.05) is 90.1 Å². The SMILES string of the molecule is C/C=C(C#N)\C=C1/CCC[C@]2(C)CC2(C)c2ccccc2C(=N)N(c2c(C(C)C)cccc2C(C)C)C1=N. The summed E-state index contributed by atoms with van der Waals surface area (Å²) in [5.74, 6) is 1.07. The first-order valence-electron chi connectivity index (χ1n) is 14.0. The Morgan fingerprint density at radius 3 is 2.18 bits per heavy atom. The van der Waals surface area contributed by atoms with Gasteiger partial charge in [0, 0.05) is 11.1 Å². The lowest BCUT2D eigenvalue weighted by molar-refractivity contribution is 0.426. The van der Waals surface area contributed by atoms with Crippen LogP contribution in [0, 0.1) is 27.6 Å². The number of fused-ring (bicyclic) bond motifs is 3. The molecule has 4 rings (SSSR count). The number of anilines is 1. The molecule has 1 aliphatic heterocycles. The van der Waals surface area contributed by atoms with E-state index in [2.05, 4.69) is 84.0 Å². The number of nitrogens with zero attached hydrogens (tertiary/aromatic N) is 2. The van der Waals surface area contributed by atoms with Gasteiger partial charge < -0.3 is 0 Å². The molecule has 0 radical (unpaired) electrons. The molecule has 0 spiro atoms. The molecule has 1 saturated carbocycles. The van der Waals surface area contributed by atoms with Gasteiger partial charge >= 0.3 is 0 Å². The van der Waals surface area contributed by atoms with Crippen LogP contribution in [0.15, 0.2) is 65.8 Å². The second kappa shape index (κ2) is 10.4. The standard InChI is InChI=1S/C34H42N4/c1-8-24(20-35)19-25-13-12-18-33(6)21-34(33,7)29-17-10-9-14-28(29)32(37)38(31(25)36)30-26(22(2)3)15-11-16-27(30)23(4)5/h8-11,14-17,19,22-23,36-37H,12-13,18,21H2,1-7H3/b24-8+,25-19+,36-31?,37-32?/t33-,34?/m1/s1. The van der Waals surface area contributed by atoms with Gasteiger partial charge in [0.2, 0.25) is 0 Å². The molecule has 4 heteroatoms. The Kier molecular flexibility index (Phi) is 7.53. The average Bonchev–Trinajstić information content (AvgIpc) is 3.46. The number of benzene rings is 2. The Balaban J connectivity index is 2.05. The molecule has 0 bridgehead atoms. The normalized spacial score (nSPS) is 25.2. The molecule has 1 fully saturated rings. The van der Waals surface area contributed by atoms with Crippen LogP contribution in [0.1, 0.15) is 108 Å². The average molecular weight is 507 g/mol. The van der Waals surface area contributed by atoms with E-state index >= 15 is 0 Å². The fourth-order valence-corrected chi connectivity index (χ4v) is 6.36. The number of rotatable bonds is 4. The van der Waals surface area contributed by atoms with Crippen molar-refractivity contribution in [2.75, 3.05) is 4.90 Å². The van der Waals surface area contributed by atoms with Gasteiger partial charge in [-0.3, -0.25) is 15.7 Å². The minimum absolute atomic E-state index is 0.00243. The Labute approximate surface area is 229 Å². The zero-order valence-corrected chi connectivity index (χ0v) is 24.1. The Bertz CT molecular complexity index is 1340. The predicted octanol–water partition coefficient (Wildman–Crippen LogP) is 8.99. The van der Waals surface area contributed by atoms with Crippen molar-refractivity contribution in [1.29, 1.82) is 16.1 Å². The molecule has 198 valence electrons. The summed E-state index contributed by atoms with van der Waals surface area (Å²) >= 11 is 0. The summed E-state index contributed by atoms with van der Waals surface area (Å²) in [4.78, 5) is 1.88. The first kappa shape index (κ1) is 27.6. The third-order valence-electron chi connectivity index (χ3n) is 8.99. The molecule has 2 aromatic rings. The molecule has 1 heterocycles. The molecule has 2 aliphatic rings. The van der Waals surface area contributed by atoms with E-state index in [4.69, 9.17) is 0 Å². The van der Waals surface area contributed by atoms with E-state index in [0.717, 1.165) is 47.2 Å². The summed E-state index contributed by atoms with van der Waals surface area (Å²) in [6.07, 6.45) is 7.46. The van der Waals surface area contributed by atoms with Gasteiger partial charge in [-0.25, -0.2) is 0 Å². The van der Waals surface area contributed by atoms with Gasteiger partial charge in [0.05, 0.1) is 11.8 Å². The first-order valence-corrected chi connectivity index (χ1v) is 14.0. The zero-order chi connectivity index (χ0) is 27.8. The summed E-state index contributed by atoms with van der Waals surface area (Å²) in [5, 5.41) is 29.1. The van der Waals surface area contributed by atoms with E-state index in [0.29, 0.717) is 23.7 Å². The number of hydrogen-bond donors (Lipinski definition) is 2. The molecule has 1 unspecified atom stereocenters. The van der Waals surface area contributed by atoms with Gasteiger partial charge in [-0.2, -0.15) is 5.26 Å². The number of para-hydroxylation sites is 1. The highest BCUT2D eigenvalue weighted by atomic mass is 15.2. The molecule has 1 aliphatic carbocycles. The van der Waals surface area contributed by atoms with Crippen molar-refractivity contribution >= 4 is 17.4 Å². The maximum absolute atomic E-state index is 9.75. The monoisotopic (exact) mass is 506 g/mol. The molecule has 0 amide bonds. The lowest BCUT2D eigenvalue weighted by Gasteiger charge is -2.34. The second-order valence-corrected chi connectivity index (χ2v) is 12.1. The lowest BCUT2D eigenvalue weighted by Crippen LogP contribution is -2.40. The number of nitriles is 1. The van der Waals surface area contributed by atoms with Crippen molar-refractivity contribution in [1.82, 2.24) is 0 Å². The van der Waals surface area contributed by atoms with Crippen LogP contribution < -0.4 is 4.90 Å². The maximum atomic E-state index is 9.75. The smallest absolute Gasteiger partial charge is 0.138 e. The number of hydrogen-bond acceptors (Lipinski definition) is 3. The molecule has 2 N–H and O–H groups in total. The topological polar surface area (TPSA) is 74.7 Å². The van der Waals surface area contributed by atoms with Crippen LogP contribution in [0.2, 0.25) is 0 Å². The Morgan fingerprint density at radius 1 is 0.974 bits per heavy atom. The zero-order valence-electron chi connectivity index (χ0n) is 24.1. The Morgan fingerprint density at radius 2 is 1.61 bits per heavy atom. The van der Waals surface area contributed by atoms with Gasteiger partial charge in [0.1, 0.15) is 11.7 Å². The maximum Gasteiger partial charge on any atom is 0.138 e. The summed E-state index contributed by atoms with van der Waals surface area (Å²) in [5.41, 5.74) is 6.81. The van der Waals surface area contributed by atoms with Gasteiger partial charge in [-0.15, -0.1) is 0 Å². The van der Waals surface area contributed by atoms with E-state index in [-0.39, 0.29) is 22.7 Å². The van der Waals surface area contributed by atoms with Crippen LogP contribution >= 0.6 is 0 Å². The highest BCUT2D eigenvalue weighted by molar-refractivity contribution is 6.28. The summed E-state index contributed by atoms with van der Waals surface area (Å²) < 4.78 is 0. The van der Waals surface area contributed by atoms with Crippen LogP contribution in [-0.2, 0) is 5.41 Å². The summed E-state index contributed by atoms with van der Waals surface area (Å²) in [7, 11) is 0. The molecule has 2 aromatic carbocycles. The molecule has 0 aromatic heterocycles. The largest absolute Gasteiger partial charge is 0.284 e. The van der Waals surface area contributed by atoms with Crippen LogP contribution in [0.5, 0.6) is 0 Å². The van der Waals surface area contributed by atoms with E-state index in [1.165, 1.54) is 5.56 Å². The van der Waals surface area contributed by atoms with Crippen LogP contribution in [0.4, 0.5) is 5.69 Å². The van der Waals surface area contributed by atoms with Crippen molar-refractivity contribution in [2.45, 2.75) is 91.4 Å². The third-order valence-corrected chi connectivity index (χ3v) is 8.99. The van der Waals surface area contributed by atoms with E-state index in [1.54, 1.807) is 6.08 Å². The van der Waals surface area contributed by atoms with Crippen LogP contribution in [0.3, 0.4) is 0 Å². The van der Waals surface area contributed by atoms with Crippen molar-refractivity contribution in [3.63, 3.8) is 0 Å². The minimum atomic E-state index is -0.00243. The molecule has 0 saturated heterocycles. The van der Waals surface area contributed by atoms with Crippen molar-refractivity contribution in [3.05, 3.63) is 88.0 Å². The van der Waals surface area contributed by atoms with E-state index < -0.39 is 0 Å².